The lowest BCUT2D eigenvalue weighted by Crippen LogP contribution is -2.12. The van der Waals surface area contributed by atoms with Gasteiger partial charge < -0.3 is 5.32 Å². The highest BCUT2D eigenvalue weighted by atomic mass is 79.9. The van der Waals surface area contributed by atoms with Gasteiger partial charge >= 0.3 is 0 Å². The Hall–Kier alpha value is -1.20. The Morgan fingerprint density at radius 3 is 2.63 bits per heavy atom. The van der Waals surface area contributed by atoms with Crippen LogP contribution in [0.1, 0.15) is 23.9 Å². The second-order valence-electron chi connectivity index (χ2n) is 4.49. The maximum Gasteiger partial charge on any atom is 0.125 e. The molecule has 0 aliphatic carbocycles. The first-order valence-electron chi connectivity index (χ1n) is 6.25. The molecule has 0 atom stereocenters. The molecule has 1 aromatic heterocycles. The molecule has 5 heteroatoms. The number of hydrogen-bond donors (Lipinski definition) is 1. The number of rotatable bonds is 4. The predicted octanol–water partition coefficient (Wildman–Crippen LogP) is 3.50. The van der Waals surface area contributed by atoms with E-state index in [-0.39, 0.29) is 5.82 Å². The minimum Gasteiger partial charge on any atom is -0.313 e. The highest BCUT2D eigenvalue weighted by Gasteiger charge is 2.11. The number of aryl methyl sites for hydroxylation is 1. The fourth-order valence-corrected chi connectivity index (χ4v) is 2.25. The number of nitrogens with zero attached hydrogens (tertiary/aromatic N) is 2. The van der Waals surface area contributed by atoms with Gasteiger partial charge in [-0.25, -0.2) is 9.07 Å². The number of aromatic nitrogens is 2. The summed E-state index contributed by atoms with van der Waals surface area (Å²) in [5, 5.41) is 7.62. The van der Waals surface area contributed by atoms with Gasteiger partial charge in [0.25, 0.3) is 0 Å². The molecule has 1 heterocycles. The molecule has 102 valence electrons. The summed E-state index contributed by atoms with van der Waals surface area (Å²) in [4.78, 5) is 0. The minimum absolute atomic E-state index is 0.242. The molecule has 0 amide bonds. The van der Waals surface area contributed by atoms with Gasteiger partial charge in [-0.05, 0) is 60.1 Å². The molecule has 19 heavy (non-hydrogen) atoms. The van der Waals surface area contributed by atoms with Crippen LogP contribution >= 0.6 is 15.9 Å². The average Bonchev–Trinajstić information content (AvgIpc) is 2.63. The number of nitrogens with one attached hydrogen (secondary N) is 1. The van der Waals surface area contributed by atoms with E-state index in [0.717, 1.165) is 33.7 Å². The molecule has 1 aromatic carbocycles. The monoisotopic (exact) mass is 325 g/mol. The van der Waals surface area contributed by atoms with E-state index in [2.05, 4.69) is 26.3 Å². The van der Waals surface area contributed by atoms with Crippen LogP contribution in [-0.4, -0.2) is 16.3 Å². The summed E-state index contributed by atoms with van der Waals surface area (Å²) in [5.41, 5.74) is 3.53. The van der Waals surface area contributed by atoms with Crippen molar-refractivity contribution in [2.75, 3.05) is 6.54 Å². The summed E-state index contributed by atoms with van der Waals surface area (Å²) in [6, 6.07) is 5.01. The van der Waals surface area contributed by atoms with Gasteiger partial charge in [0.1, 0.15) is 5.82 Å². The Kier molecular flexibility index (Phi) is 4.37. The van der Waals surface area contributed by atoms with Gasteiger partial charge in [0.05, 0.1) is 21.5 Å². The molecule has 2 aromatic rings. The van der Waals surface area contributed by atoms with Crippen molar-refractivity contribution in [1.82, 2.24) is 15.1 Å². The van der Waals surface area contributed by atoms with E-state index in [1.165, 1.54) is 6.07 Å². The molecule has 0 spiro atoms. The predicted molar refractivity (Wildman–Crippen MR) is 78.1 cm³/mol. The fourth-order valence-electron chi connectivity index (χ4n) is 2.00. The molecule has 1 N–H and O–H groups in total. The van der Waals surface area contributed by atoms with Crippen molar-refractivity contribution in [3.05, 3.63) is 45.4 Å². The molecule has 3 nitrogen and oxygen atoms in total. The first-order valence-corrected chi connectivity index (χ1v) is 7.04. The SMILES string of the molecule is CCNCc1cc(F)cc(-n2nc(C)c(Br)c2C)c1. The Balaban J connectivity index is 2.43. The quantitative estimate of drug-likeness (QED) is 0.932. The van der Waals surface area contributed by atoms with Gasteiger partial charge in [-0.1, -0.05) is 6.92 Å². The second-order valence-corrected chi connectivity index (χ2v) is 5.29. The van der Waals surface area contributed by atoms with E-state index in [4.69, 9.17) is 0 Å². The third-order valence-corrected chi connectivity index (χ3v) is 4.12. The molecule has 0 radical (unpaired) electrons. The lowest BCUT2D eigenvalue weighted by molar-refractivity contribution is 0.618. The molecule has 0 fully saturated rings. The number of halogens is 2. The van der Waals surface area contributed by atoms with Crippen molar-refractivity contribution < 1.29 is 4.39 Å². The maximum atomic E-state index is 13.7. The van der Waals surface area contributed by atoms with Crippen molar-refractivity contribution >= 4 is 15.9 Å². The summed E-state index contributed by atoms with van der Waals surface area (Å²) in [5.74, 6) is -0.242. The molecule has 0 saturated carbocycles. The Morgan fingerprint density at radius 2 is 2.05 bits per heavy atom. The third kappa shape index (κ3) is 3.04. The summed E-state index contributed by atoms with van der Waals surface area (Å²) in [6.45, 7) is 7.42. The van der Waals surface area contributed by atoms with Crippen LogP contribution in [0.25, 0.3) is 5.69 Å². The minimum atomic E-state index is -0.242. The molecule has 0 unspecified atom stereocenters. The second kappa shape index (κ2) is 5.84. The van der Waals surface area contributed by atoms with Crippen LogP contribution in [0.5, 0.6) is 0 Å². The lowest BCUT2D eigenvalue weighted by atomic mass is 10.2. The van der Waals surface area contributed by atoms with E-state index in [0.29, 0.717) is 6.54 Å². The van der Waals surface area contributed by atoms with Crippen molar-refractivity contribution in [3.63, 3.8) is 0 Å². The highest BCUT2D eigenvalue weighted by molar-refractivity contribution is 9.10. The fraction of sp³-hybridized carbons (Fsp3) is 0.357. The molecule has 2 rings (SSSR count). The smallest absolute Gasteiger partial charge is 0.125 e. The summed E-state index contributed by atoms with van der Waals surface area (Å²) >= 11 is 3.49. The van der Waals surface area contributed by atoms with Crippen LogP contribution in [0.2, 0.25) is 0 Å². The van der Waals surface area contributed by atoms with Gasteiger partial charge in [0.2, 0.25) is 0 Å². The molecular formula is C14H17BrFN3. The van der Waals surface area contributed by atoms with Crippen LogP contribution in [0.3, 0.4) is 0 Å². The van der Waals surface area contributed by atoms with Crippen LogP contribution in [-0.2, 0) is 6.54 Å². The van der Waals surface area contributed by atoms with Crippen molar-refractivity contribution in [3.8, 4) is 5.69 Å². The largest absolute Gasteiger partial charge is 0.313 e. The van der Waals surface area contributed by atoms with Gasteiger partial charge in [0, 0.05) is 6.54 Å². The molecular weight excluding hydrogens is 309 g/mol. The zero-order valence-corrected chi connectivity index (χ0v) is 12.9. The molecule has 0 aliphatic heterocycles. The Morgan fingerprint density at radius 1 is 1.32 bits per heavy atom. The van der Waals surface area contributed by atoms with Gasteiger partial charge in [-0.3, -0.25) is 0 Å². The molecule has 0 aliphatic rings. The van der Waals surface area contributed by atoms with Crippen LogP contribution in [0, 0.1) is 19.7 Å². The topological polar surface area (TPSA) is 29.9 Å². The van der Waals surface area contributed by atoms with Gasteiger partial charge in [0.15, 0.2) is 0 Å². The molecule has 0 bridgehead atoms. The lowest BCUT2D eigenvalue weighted by Gasteiger charge is -2.08. The maximum absolute atomic E-state index is 13.7. The van der Waals surface area contributed by atoms with E-state index in [1.807, 2.05) is 26.8 Å². The van der Waals surface area contributed by atoms with E-state index < -0.39 is 0 Å². The Labute approximate surface area is 121 Å². The van der Waals surface area contributed by atoms with Crippen LogP contribution in [0.15, 0.2) is 22.7 Å². The van der Waals surface area contributed by atoms with E-state index >= 15 is 0 Å². The molecule has 0 saturated heterocycles. The highest BCUT2D eigenvalue weighted by Crippen LogP contribution is 2.24. The average molecular weight is 326 g/mol. The zero-order valence-electron chi connectivity index (χ0n) is 11.3. The van der Waals surface area contributed by atoms with Crippen molar-refractivity contribution in [1.29, 1.82) is 0 Å². The van der Waals surface area contributed by atoms with Crippen molar-refractivity contribution in [2.45, 2.75) is 27.3 Å². The van der Waals surface area contributed by atoms with Crippen LogP contribution in [0.4, 0.5) is 4.39 Å². The first kappa shape index (κ1) is 14.2. The van der Waals surface area contributed by atoms with Gasteiger partial charge in [-0.2, -0.15) is 5.10 Å². The van der Waals surface area contributed by atoms with Crippen molar-refractivity contribution in [2.24, 2.45) is 0 Å². The van der Waals surface area contributed by atoms with Crippen LogP contribution < -0.4 is 5.32 Å². The Bertz CT molecular complexity index is 593. The summed E-state index contributed by atoms with van der Waals surface area (Å²) < 4.78 is 16.4. The third-order valence-electron chi connectivity index (χ3n) is 2.97. The summed E-state index contributed by atoms with van der Waals surface area (Å²) in [6.07, 6.45) is 0. The summed E-state index contributed by atoms with van der Waals surface area (Å²) in [7, 11) is 0. The standard InChI is InChI=1S/C14H17BrFN3/c1-4-17-8-11-5-12(16)7-13(6-11)19-10(3)14(15)9(2)18-19/h5-7,17H,4,8H2,1-3H3. The zero-order chi connectivity index (χ0) is 14.0. The van der Waals surface area contributed by atoms with E-state index in [1.54, 1.807) is 10.7 Å². The first-order chi connectivity index (χ1) is 9.02. The normalized spacial score (nSPS) is 11.0. The number of hydrogen-bond acceptors (Lipinski definition) is 2. The van der Waals surface area contributed by atoms with E-state index in [9.17, 15) is 4.39 Å². The van der Waals surface area contributed by atoms with Gasteiger partial charge in [-0.15, -0.1) is 0 Å². The number of benzene rings is 1.